The third kappa shape index (κ3) is 5.43. The van der Waals surface area contributed by atoms with Crippen LogP contribution < -0.4 is 15.4 Å². The third-order valence-electron chi connectivity index (χ3n) is 3.08. The van der Waals surface area contributed by atoms with Crippen LogP contribution in [0.5, 0.6) is 5.75 Å². The van der Waals surface area contributed by atoms with E-state index in [4.69, 9.17) is 9.84 Å². The van der Waals surface area contributed by atoms with Gasteiger partial charge in [0.2, 0.25) is 5.91 Å². The standard InChI is InChI=1S/C15H18N2O5/c18-13(16-7-6-14(19)20)9-22-12-3-1-2-11(8-12)17-15(21)10-4-5-10/h1-3,8,10H,4-7,9H2,(H,16,18)(H,17,21)(H,19,20). The van der Waals surface area contributed by atoms with Gasteiger partial charge in [-0.1, -0.05) is 6.07 Å². The average molecular weight is 306 g/mol. The number of hydrogen-bond donors (Lipinski definition) is 3. The Labute approximate surface area is 127 Å². The van der Waals surface area contributed by atoms with Crippen LogP contribution in [0.15, 0.2) is 24.3 Å². The molecule has 1 saturated carbocycles. The number of benzene rings is 1. The molecule has 7 nitrogen and oxygen atoms in total. The van der Waals surface area contributed by atoms with Crippen LogP contribution in [-0.2, 0) is 14.4 Å². The van der Waals surface area contributed by atoms with Crippen molar-refractivity contribution in [2.75, 3.05) is 18.5 Å². The van der Waals surface area contributed by atoms with E-state index >= 15 is 0 Å². The molecule has 0 saturated heterocycles. The van der Waals surface area contributed by atoms with Gasteiger partial charge in [0.1, 0.15) is 5.75 Å². The molecule has 2 amide bonds. The zero-order valence-corrected chi connectivity index (χ0v) is 12.0. The predicted octanol–water partition coefficient (Wildman–Crippen LogP) is 1.00. The van der Waals surface area contributed by atoms with Crippen molar-refractivity contribution in [3.05, 3.63) is 24.3 Å². The van der Waals surface area contributed by atoms with Crippen molar-refractivity contribution in [3.63, 3.8) is 0 Å². The van der Waals surface area contributed by atoms with Crippen molar-refractivity contribution in [2.24, 2.45) is 5.92 Å². The van der Waals surface area contributed by atoms with Crippen LogP contribution in [0.3, 0.4) is 0 Å². The molecule has 1 fully saturated rings. The quantitative estimate of drug-likeness (QED) is 0.664. The molecule has 0 aliphatic heterocycles. The van der Waals surface area contributed by atoms with Crippen LogP contribution in [0.1, 0.15) is 19.3 Å². The number of amides is 2. The third-order valence-corrected chi connectivity index (χ3v) is 3.08. The number of hydrogen-bond acceptors (Lipinski definition) is 4. The van der Waals surface area contributed by atoms with Gasteiger partial charge in [0, 0.05) is 24.2 Å². The molecule has 0 heterocycles. The Morgan fingerprint density at radius 1 is 1.27 bits per heavy atom. The molecular weight excluding hydrogens is 288 g/mol. The van der Waals surface area contributed by atoms with Crippen molar-refractivity contribution < 1.29 is 24.2 Å². The monoisotopic (exact) mass is 306 g/mol. The van der Waals surface area contributed by atoms with E-state index in [2.05, 4.69) is 10.6 Å². The van der Waals surface area contributed by atoms with Gasteiger partial charge >= 0.3 is 5.97 Å². The van der Waals surface area contributed by atoms with E-state index in [1.165, 1.54) is 0 Å². The molecule has 0 radical (unpaired) electrons. The van der Waals surface area contributed by atoms with Crippen LogP contribution >= 0.6 is 0 Å². The number of rotatable bonds is 8. The smallest absolute Gasteiger partial charge is 0.305 e. The minimum absolute atomic E-state index is 0.00330. The lowest BCUT2D eigenvalue weighted by molar-refractivity contribution is -0.137. The molecular formula is C15H18N2O5. The number of ether oxygens (including phenoxy) is 1. The van der Waals surface area contributed by atoms with Crippen LogP contribution in [0.25, 0.3) is 0 Å². The second-order valence-electron chi connectivity index (χ2n) is 5.07. The number of anilines is 1. The van der Waals surface area contributed by atoms with Gasteiger partial charge in [0.15, 0.2) is 6.61 Å². The Kier molecular flexibility index (Phi) is 5.35. The highest BCUT2D eigenvalue weighted by atomic mass is 16.5. The Hall–Kier alpha value is -2.57. The van der Waals surface area contributed by atoms with Crippen LogP contribution in [0.2, 0.25) is 0 Å². The van der Waals surface area contributed by atoms with Crippen LogP contribution in [-0.4, -0.2) is 36.0 Å². The van der Waals surface area contributed by atoms with Gasteiger partial charge in [-0.3, -0.25) is 14.4 Å². The summed E-state index contributed by atoms with van der Waals surface area (Å²) in [4.78, 5) is 33.4. The molecule has 1 aromatic carbocycles. The molecule has 1 aliphatic carbocycles. The fourth-order valence-electron chi connectivity index (χ4n) is 1.76. The first-order valence-corrected chi connectivity index (χ1v) is 7.07. The van der Waals surface area contributed by atoms with E-state index < -0.39 is 11.9 Å². The lowest BCUT2D eigenvalue weighted by atomic mass is 10.3. The summed E-state index contributed by atoms with van der Waals surface area (Å²) in [6, 6.07) is 6.79. The highest BCUT2D eigenvalue weighted by molar-refractivity contribution is 5.94. The molecule has 22 heavy (non-hydrogen) atoms. The lowest BCUT2D eigenvalue weighted by Gasteiger charge is -2.09. The molecule has 0 aromatic heterocycles. The average Bonchev–Trinajstić information content (AvgIpc) is 3.30. The molecule has 2 rings (SSSR count). The van der Waals surface area contributed by atoms with E-state index in [9.17, 15) is 14.4 Å². The molecule has 118 valence electrons. The van der Waals surface area contributed by atoms with Gasteiger partial charge in [-0.05, 0) is 25.0 Å². The lowest BCUT2D eigenvalue weighted by Crippen LogP contribution is -2.30. The topological polar surface area (TPSA) is 105 Å². The number of carboxylic acids is 1. The summed E-state index contributed by atoms with van der Waals surface area (Å²) in [5.74, 6) is -0.788. The predicted molar refractivity (Wildman–Crippen MR) is 78.6 cm³/mol. The van der Waals surface area contributed by atoms with Gasteiger partial charge in [-0.15, -0.1) is 0 Å². The maximum Gasteiger partial charge on any atom is 0.305 e. The van der Waals surface area contributed by atoms with Gasteiger partial charge < -0.3 is 20.5 Å². The van der Waals surface area contributed by atoms with E-state index in [0.717, 1.165) is 12.8 Å². The maximum absolute atomic E-state index is 11.7. The summed E-state index contributed by atoms with van der Waals surface area (Å²) in [5.41, 5.74) is 0.626. The first kappa shape index (κ1) is 15.8. The molecule has 0 unspecified atom stereocenters. The summed E-state index contributed by atoms with van der Waals surface area (Å²) in [6.45, 7) is -0.144. The van der Waals surface area contributed by atoms with Crippen LogP contribution in [0.4, 0.5) is 5.69 Å². The molecule has 7 heteroatoms. The summed E-state index contributed by atoms with van der Waals surface area (Å²) < 4.78 is 5.31. The highest BCUT2D eigenvalue weighted by Gasteiger charge is 2.29. The summed E-state index contributed by atoms with van der Waals surface area (Å²) in [7, 11) is 0. The van der Waals surface area contributed by atoms with E-state index in [1.807, 2.05) is 0 Å². The number of carbonyl (C=O) groups is 3. The van der Waals surface area contributed by atoms with E-state index in [1.54, 1.807) is 24.3 Å². The van der Waals surface area contributed by atoms with Crippen molar-refractivity contribution >= 4 is 23.5 Å². The summed E-state index contributed by atoms with van der Waals surface area (Å²) in [5, 5.41) is 13.7. The molecule has 1 aromatic rings. The summed E-state index contributed by atoms with van der Waals surface area (Å²) in [6.07, 6.45) is 1.73. The summed E-state index contributed by atoms with van der Waals surface area (Å²) >= 11 is 0. The minimum Gasteiger partial charge on any atom is -0.484 e. The largest absolute Gasteiger partial charge is 0.484 e. The van der Waals surface area contributed by atoms with E-state index in [-0.39, 0.29) is 31.4 Å². The second-order valence-corrected chi connectivity index (χ2v) is 5.07. The Morgan fingerprint density at radius 3 is 2.73 bits per heavy atom. The first-order valence-electron chi connectivity index (χ1n) is 7.07. The minimum atomic E-state index is -0.972. The first-order chi connectivity index (χ1) is 10.5. The van der Waals surface area contributed by atoms with Crippen molar-refractivity contribution in [1.29, 1.82) is 0 Å². The fourth-order valence-corrected chi connectivity index (χ4v) is 1.76. The maximum atomic E-state index is 11.7. The Balaban J connectivity index is 1.76. The Morgan fingerprint density at radius 2 is 2.05 bits per heavy atom. The highest BCUT2D eigenvalue weighted by Crippen LogP contribution is 2.30. The molecule has 0 atom stereocenters. The molecule has 0 spiro atoms. The molecule has 0 bridgehead atoms. The second kappa shape index (κ2) is 7.44. The number of carboxylic acid groups (broad SMARTS) is 1. The van der Waals surface area contributed by atoms with E-state index in [0.29, 0.717) is 11.4 Å². The fraction of sp³-hybridized carbons (Fsp3) is 0.400. The van der Waals surface area contributed by atoms with Gasteiger partial charge in [0.05, 0.1) is 6.42 Å². The number of carbonyl (C=O) groups excluding carboxylic acids is 2. The molecule has 3 N–H and O–H groups in total. The normalized spacial score (nSPS) is 13.3. The van der Waals surface area contributed by atoms with Crippen molar-refractivity contribution in [2.45, 2.75) is 19.3 Å². The number of aliphatic carboxylic acids is 1. The SMILES string of the molecule is O=C(O)CCNC(=O)COc1cccc(NC(=O)C2CC2)c1. The number of nitrogens with one attached hydrogen (secondary N) is 2. The van der Waals surface area contributed by atoms with Gasteiger partial charge in [-0.25, -0.2) is 0 Å². The van der Waals surface area contributed by atoms with Crippen LogP contribution in [0, 0.1) is 5.92 Å². The van der Waals surface area contributed by atoms with Gasteiger partial charge in [-0.2, -0.15) is 0 Å². The Bertz CT molecular complexity index is 569. The molecule has 1 aliphatic rings. The zero-order valence-electron chi connectivity index (χ0n) is 12.0. The van der Waals surface area contributed by atoms with Crippen molar-refractivity contribution in [1.82, 2.24) is 5.32 Å². The van der Waals surface area contributed by atoms with Crippen molar-refractivity contribution in [3.8, 4) is 5.75 Å². The van der Waals surface area contributed by atoms with Gasteiger partial charge in [0.25, 0.3) is 5.91 Å². The zero-order chi connectivity index (χ0) is 15.9.